The zero-order valence-electron chi connectivity index (χ0n) is 13.7. The highest BCUT2D eigenvalue weighted by atomic mass is 19.1. The molecule has 2 fully saturated rings. The molecule has 0 radical (unpaired) electrons. The summed E-state index contributed by atoms with van der Waals surface area (Å²) in [5, 5.41) is 0. The number of anilines is 2. The third-order valence-electron chi connectivity index (χ3n) is 4.32. The van der Waals surface area contributed by atoms with E-state index in [0.717, 1.165) is 0 Å². The van der Waals surface area contributed by atoms with Crippen LogP contribution in [0, 0.1) is 5.82 Å². The highest BCUT2D eigenvalue weighted by Crippen LogP contribution is 2.28. The van der Waals surface area contributed by atoms with Gasteiger partial charge in [0.05, 0.1) is 31.1 Å². The predicted octanol–water partition coefficient (Wildman–Crippen LogP) is 1.42. The summed E-state index contributed by atoms with van der Waals surface area (Å²) in [5.41, 5.74) is 0.904. The summed E-state index contributed by atoms with van der Waals surface area (Å²) >= 11 is 0. The van der Waals surface area contributed by atoms with Crippen LogP contribution in [0.15, 0.2) is 18.2 Å². The summed E-state index contributed by atoms with van der Waals surface area (Å²) < 4.78 is 24.9. The second kappa shape index (κ2) is 6.64. The number of benzene rings is 1. The fourth-order valence-electron chi connectivity index (χ4n) is 2.79. The lowest BCUT2D eigenvalue weighted by Crippen LogP contribution is -2.38. The van der Waals surface area contributed by atoms with Crippen molar-refractivity contribution in [3.8, 4) is 0 Å². The van der Waals surface area contributed by atoms with Crippen molar-refractivity contribution < 1.29 is 23.5 Å². The minimum Gasteiger partial charge on any atom is -0.423 e. The highest BCUT2D eigenvalue weighted by Gasteiger charge is 2.36. The highest BCUT2D eigenvalue weighted by molar-refractivity contribution is 5.90. The summed E-state index contributed by atoms with van der Waals surface area (Å²) in [7, 11) is 1.56. The molecule has 24 heavy (non-hydrogen) atoms. The molecule has 2 aliphatic heterocycles. The van der Waals surface area contributed by atoms with Crippen LogP contribution in [0.5, 0.6) is 0 Å². The normalized spacial score (nSPS) is 21.0. The smallest absolute Gasteiger partial charge is 0.416 e. The van der Waals surface area contributed by atoms with E-state index in [1.165, 1.54) is 22.8 Å². The van der Waals surface area contributed by atoms with Gasteiger partial charge in [-0.2, -0.15) is 0 Å². The molecular formula is C16H20FN3O4. The Labute approximate surface area is 139 Å². The summed E-state index contributed by atoms with van der Waals surface area (Å²) in [4.78, 5) is 28.0. The molecule has 0 bridgehead atoms. The van der Waals surface area contributed by atoms with E-state index in [1.807, 2.05) is 4.90 Å². The van der Waals surface area contributed by atoms with Gasteiger partial charge < -0.3 is 19.3 Å². The Kier molecular flexibility index (Phi) is 4.57. The largest absolute Gasteiger partial charge is 0.423 e. The molecule has 0 unspecified atom stereocenters. The molecule has 0 spiro atoms. The Bertz CT molecular complexity index is 648. The molecule has 3 rings (SSSR count). The molecule has 1 aromatic rings. The molecule has 2 saturated heterocycles. The van der Waals surface area contributed by atoms with Crippen LogP contribution in [0.2, 0.25) is 0 Å². The maximum absolute atomic E-state index is 14.5. The Morgan fingerprint density at radius 1 is 1.33 bits per heavy atom. The second-order valence-corrected chi connectivity index (χ2v) is 5.81. The average molecular weight is 337 g/mol. The van der Waals surface area contributed by atoms with E-state index in [1.54, 1.807) is 19.2 Å². The van der Waals surface area contributed by atoms with Gasteiger partial charge in [-0.25, -0.2) is 9.18 Å². The first-order valence-electron chi connectivity index (χ1n) is 7.81. The summed E-state index contributed by atoms with van der Waals surface area (Å²) in [6, 6.07) is 4.67. The number of carbonyl (C=O) groups is 2. The standard InChI is InChI=1S/C16H20FN3O4/c1-11(21)18(2)15-10-20(16(22)24-15)12-3-4-14(13(17)9-12)19-5-7-23-8-6-19/h3-4,9,15H,5-8,10H2,1-2H3/t15-/m0/s1. The molecule has 0 N–H and O–H groups in total. The van der Waals surface area contributed by atoms with Gasteiger partial charge in [-0.15, -0.1) is 0 Å². The van der Waals surface area contributed by atoms with Gasteiger partial charge in [-0.05, 0) is 18.2 Å². The van der Waals surface area contributed by atoms with Gasteiger partial charge in [0.25, 0.3) is 0 Å². The summed E-state index contributed by atoms with van der Waals surface area (Å²) in [5.74, 6) is -0.603. The van der Waals surface area contributed by atoms with Crippen molar-refractivity contribution in [1.29, 1.82) is 0 Å². The van der Waals surface area contributed by atoms with Crippen molar-refractivity contribution in [1.82, 2.24) is 4.90 Å². The van der Waals surface area contributed by atoms with E-state index < -0.39 is 18.1 Å². The Morgan fingerprint density at radius 3 is 2.67 bits per heavy atom. The third-order valence-corrected chi connectivity index (χ3v) is 4.32. The van der Waals surface area contributed by atoms with Crippen LogP contribution in [0.4, 0.5) is 20.6 Å². The Balaban J connectivity index is 1.76. The van der Waals surface area contributed by atoms with Crippen LogP contribution >= 0.6 is 0 Å². The maximum atomic E-state index is 14.5. The maximum Gasteiger partial charge on any atom is 0.416 e. The lowest BCUT2D eigenvalue weighted by atomic mass is 10.2. The van der Waals surface area contributed by atoms with Gasteiger partial charge in [0.15, 0.2) is 6.23 Å². The number of morpholine rings is 1. The van der Waals surface area contributed by atoms with Crippen LogP contribution in [-0.2, 0) is 14.3 Å². The molecule has 2 aliphatic rings. The van der Waals surface area contributed by atoms with E-state index in [0.29, 0.717) is 37.7 Å². The van der Waals surface area contributed by atoms with Gasteiger partial charge in [0, 0.05) is 27.1 Å². The van der Waals surface area contributed by atoms with E-state index in [2.05, 4.69) is 0 Å². The van der Waals surface area contributed by atoms with Gasteiger partial charge in [-0.1, -0.05) is 0 Å². The number of nitrogens with zero attached hydrogens (tertiary/aromatic N) is 3. The van der Waals surface area contributed by atoms with Gasteiger partial charge in [-0.3, -0.25) is 9.69 Å². The number of carbonyl (C=O) groups excluding carboxylic acids is 2. The van der Waals surface area contributed by atoms with Gasteiger partial charge >= 0.3 is 6.09 Å². The van der Waals surface area contributed by atoms with Crippen LogP contribution < -0.4 is 9.80 Å². The van der Waals surface area contributed by atoms with Gasteiger partial charge in [0.2, 0.25) is 5.91 Å². The van der Waals surface area contributed by atoms with Crippen LogP contribution in [0.1, 0.15) is 6.92 Å². The number of halogens is 1. The van der Waals surface area contributed by atoms with Crippen molar-refractivity contribution in [2.45, 2.75) is 13.2 Å². The molecule has 1 aromatic carbocycles. The third kappa shape index (κ3) is 3.14. The first-order valence-corrected chi connectivity index (χ1v) is 7.81. The summed E-state index contributed by atoms with van der Waals surface area (Å²) in [6.45, 7) is 3.97. The molecule has 0 saturated carbocycles. The predicted molar refractivity (Wildman–Crippen MR) is 85.5 cm³/mol. The molecule has 0 aromatic heterocycles. The lowest BCUT2D eigenvalue weighted by molar-refractivity contribution is -0.134. The van der Waals surface area contributed by atoms with Crippen molar-refractivity contribution in [2.24, 2.45) is 0 Å². The zero-order chi connectivity index (χ0) is 17.3. The van der Waals surface area contributed by atoms with Crippen molar-refractivity contribution in [2.75, 3.05) is 49.7 Å². The monoisotopic (exact) mass is 337 g/mol. The van der Waals surface area contributed by atoms with E-state index in [4.69, 9.17) is 9.47 Å². The molecule has 2 heterocycles. The molecule has 8 heteroatoms. The van der Waals surface area contributed by atoms with Crippen LogP contribution in [-0.4, -0.2) is 63.0 Å². The lowest BCUT2D eigenvalue weighted by Gasteiger charge is -2.29. The SMILES string of the molecule is CC(=O)N(C)[C@@H]1CN(c2ccc(N3CCOCC3)c(F)c2)C(=O)O1. The van der Waals surface area contributed by atoms with Crippen molar-refractivity contribution >= 4 is 23.4 Å². The van der Waals surface area contributed by atoms with E-state index in [9.17, 15) is 14.0 Å². The topological polar surface area (TPSA) is 62.3 Å². The number of hydrogen-bond donors (Lipinski definition) is 0. The fraction of sp³-hybridized carbons (Fsp3) is 0.500. The second-order valence-electron chi connectivity index (χ2n) is 5.81. The molecule has 2 amide bonds. The zero-order valence-corrected chi connectivity index (χ0v) is 13.7. The Morgan fingerprint density at radius 2 is 2.04 bits per heavy atom. The van der Waals surface area contributed by atoms with E-state index >= 15 is 0 Å². The minimum atomic E-state index is -0.669. The number of cyclic esters (lactones) is 1. The summed E-state index contributed by atoms with van der Waals surface area (Å²) in [6.07, 6.45) is -1.26. The van der Waals surface area contributed by atoms with Crippen LogP contribution in [0.25, 0.3) is 0 Å². The quantitative estimate of drug-likeness (QED) is 0.835. The number of hydrogen-bond acceptors (Lipinski definition) is 5. The number of rotatable bonds is 3. The van der Waals surface area contributed by atoms with Crippen LogP contribution in [0.3, 0.4) is 0 Å². The van der Waals surface area contributed by atoms with E-state index in [-0.39, 0.29) is 12.5 Å². The number of likely N-dealkylation sites (N-methyl/N-ethyl adjacent to an activating group) is 1. The first-order chi connectivity index (χ1) is 11.5. The van der Waals surface area contributed by atoms with Crippen molar-refractivity contribution in [3.05, 3.63) is 24.0 Å². The average Bonchev–Trinajstić information content (AvgIpc) is 2.96. The molecule has 130 valence electrons. The molecular weight excluding hydrogens is 317 g/mol. The number of ether oxygens (including phenoxy) is 2. The Hall–Kier alpha value is -2.35. The first kappa shape index (κ1) is 16.5. The fourth-order valence-corrected chi connectivity index (χ4v) is 2.79. The van der Waals surface area contributed by atoms with Crippen molar-refractivity contribution in [3.63, 3.8) is 0 Å². The minimum absolute atomic E-state index is 0.172. The molecule has 7 nitrogen and oxygen atoms in total. The number of amides is 2. The molecule has 1 atom stereocenters. The van der Waals surface area contributed by atoms with Gasteiger partial charge in [0.1, 0.15) is 5.82 Å². The molecule has 0 aliphatic carbocycles.